The fourth-order valence-corrected chi connectivity index (χ4v) is 2.53. The van der Waals surface area contributed by atoms with Crippen molar-refractivity contribution >= 4 is 17.6 Å². The number of carboxylic acid groups (broad SMARTS) is 1. The average molecular weight is 233 g/mol. The van der Waals surface area contributed by atoms with Crippen molar-refractivity contribution in [2.24, 2.45) is 0 Å². The first kappa shape index (κ1) is 11.6. The number of anilines is 1. The molecule has 1 heterocycles. The molecule has 1 aliphatic rings. The molecule has 1 aliphatic heterocycles. The summed E-state index contributed by atoms with van der Waals surface area (Å²) in [6.45, 7) is 3.39. The van der Waals surface area contributed by atoms with Crippen molar-refractivity contribution in [2.45, 2.75) is 32.2 Å². The number of fused-ring (bicyclic) bond motifs is 1. The first-order valence-corrected chi connectivity index (χ1v) is 5.64. The van der Waals surface area contributed by atoms with Gasteiger partial charge >= 0.3 is 5.97 Å². The highest BCUT2D eigenvalue weighted by atomic mass is 16.4. The average Bonchev–Trinajstić information content (AvgIpc) is 2.27. The zero-order valence-electron chi connectivity index (χ0n) is 9.88. The third-order valence-electron chi connectivity index (χ3n) is 3.23. The predicted molar refractivity (Wildman–Crippen MR) is 64.1 cm³/mol. The van der Waals surface area contributed by atoms with Crippen LogP contribution in [0, 0.1) is 0 Å². The Labute approximate surface area is 99.9 Å². The van der Waals surface area contributed by atoms with E-state index in [1.165, 1.54) is 6.92 Å². The number of hydrogen-bond acceptors (Lipinski definition) is 2. The van der Waals surface area contributed by atoms with Crippen LogP contribution in [0.2, 0.25) is 0 Å². The lowest BCUT2D eigenvalue weighted by molar-refractivity contribution is -0.139. The van der Waals surface area contributed by atoms with Crippen LogP contribution in [-0.2, 0) is 9.59 Å². The summed E-state index contributed by atoms with van der Waals surface area (Å²) in [5.74, 6) is -1.39. The number of para-hydroxylation sites is 1. The van der Waals surface area contributed by atoms with Gasteiger partial charge in [0.2, 0.25) is 5.91 Å². The van der Waals surface area contributed by atoms with E-state index < -0.39 is 11.9 Å². The van der Waals surface area contributed by atoms with Gasteiger partial charge in [0.05, 0.1) is 5.92 Å². The Kier molecular flexibility index (Phi) is 2.88. The molecule has 0 radical (unpaired) electrons. The Balaban J connectivity index is 2.54. The van der Waals surface area contributed by atoms with Crippen LogP contribution in [0.3, 0.4) is 0 Å². The molecule has 0 spiro atoms. The number of carbonyl (C=O) groups excluding carboxylic acids is 1. The minimum absolute atomic E-state index is 0.0474. The molecule has 17 heavy (non-hydrogen) atoms. The Bertz CT molecular complexity index is 469. The van der Waals surface area contributed by atoms with Gasteiger partial charge in [-0.1, -0.05) is 18.2 Å². The number of benzene rings is 1. The van der Waals surface area contributed by atoms with E-state index in [9.17, 15) is 14.7 Å². The fraction of sp³-hybridized carbons (Fsp3) is 0.385. The molecule has 1 aromatic carbocycles. The summed E-state index contributed by atoms with van der Waals surface area (Å²) in [7, 11) is 0. The topological polar surface area (TPSA) is 57.6 Å². The summed E-state index contributed by atoms with van der Waals surface area (Å²) < 4.78 is 0. The smallest absolute Gasteiger partial charge is 0.311 e. The Morgan fingerprint density at radius 2 is 2.00 bits per heavy atom. The van der Waals surface area contributed by atoms with Gasteiger partial charge in [0.25, 0.3) is 0 Å². The van der Waals surface area contributed by atoms with Crippen molar-refractivity contribution in [2.75, 3.05) is 4.90 Å². The minimum atomic E-state index is -0.826. The monoisotopic (exact) mass is 233 g/mol. The predicted octanol–water partition coefficient (Wildman–Crippen LogP) is 2.00. The molecule has 0 aromatic heterocycles. The first-order chi connectivity index (χ1) is 8.02. The molecule has 4 nitrogen and oxygen atoms in total. The molecule has 90 valence electrons. The van der Waals surface area contributed by atoms with E-state index in [-0.39, 0.29) is 11.9 Å². The van der Waals surface area contributed by atoms with Crippen LogP contribution in [0.5, 0.6) is 0 Å². The zero-order valence-corrected chi connectivity index (χ0v) is 9.88. The van der Waals surface area contributed by atoms with Gasteiger partial charge in [-0.25, -0.2) is 0 Å². The summed E-state index contributed by atoms with van der Waals surface area (Å²) in [5.41, 5.74) is 1.46. The highest BCUT2D eigenvalue weighted by Crippen LogP contribution is 2.38. The molecular formula is C13H15NO3. The molecule has 1 aromatic rings. The second kappa shape index (κ2) is 4.20. The largest absolute Gasteiger partial charge is 0.481 e. The maximum absolute atomic E-state index is 11.6. The molecule has 2 atom stereocenters. The molecule has 0 fully saturated rings. The van der Waals surface area contributed by atoms with Crippen molar-refractivity contribution in [1.82, 2.24) is 0 Å². The summed E-state index contributed by atoms with van der Waals surface area (Å²) in [6, 6.07) is 7.15. The van der Waals surface area contributed by atoms with Crippen LogP contribution < -0.4 is 4.90 Å². The summed E-state index contributed by atoms with van der Waals surface area (Å²) in [4.78, 5) is 24.5. The standard InChI is InChI=1S/C13H15NO3/c1-8-7-11(13(16)17)10-5-3-4-6-12(10)14(8)9(2)15/h3-6,8,11H,7H2,1-2H3,(H,16,17)/t8-,11+/m1/s1. The molecule has 0 bridgehead atoms. The highest BCUT2D eigenvalue weighted by molar-refractivity contribution is 5.95. The van der Waals surface area contributed by atoms with Crippen LogP contribution in [0.1, 0.15) is 31.7 Å². The molecule has 2 rings (SSSR count). The SMILES string of the molecule is CC(=O)N1c2ccccc2[C@@H](C(=O)O)C[C@H]1C. The van der Waals surface area contributed by atoms with E-state index in [1.807, 2.05) is 25.1 Å². The van der Waals surface area contributed by atoms with Gasteiger partial charge in [0, 0.05) is 18.7 Å². The van der Waals surface area contributed by atoms with E-state index in [0.29, 0.717) is 6.42 Å². The number of nitrogens with zero attached hydrogens (tertiary/aromatic N) is 1. The number of carbonyl (C=O) groups is 2. The van der Waals surface area contributed by atoms with Crippen molar-refractivity contribution in [1.29, 1.82) is 0 Å². The van der Waals surface area contributed by atoms with E-state index in [4.69, 9.17) is 0 Å². The van der Waals surface area contributed by atoms with Crippen LogP contribution in [0.15, 0.2) is 24.3 Å². The van der Waals surface area contributed by atoms with Crippen LogP contribution in [0.25, 0.3) is 0 Å². The van der Waals surface area contributed by atoms with Gasteiger partial charge in [-0.2, -0.15) is 0 Å². The third-order valence-corrected chi connectivity index (χ3v) is 3.23. The summed E-state index contributed by atoms with van der Waals surface area (Å²) in [5, 5.41) is 9.22. The fourth-order valence-electron chi connectivity index (χ4n) is 2.53. The third kappa shape index (κ3) is 1.90. The number of carboxylic acids is 1. The molecule has 0 saturated heterocycles. The van der Waals surface area contributed by atoms with Gasteiger partial charge in [0.1, 0.15) is 0 Å². The lowest BCUT2D eigenvalue weighted by atomic mass is 9.86. The van der Waals surface area contributed by atoms with Crippen molar-refractivity contribution in [3.8, 4) is 0 Å². The first-order valence-electron chi connectivity index (χ1n) is 5.64. The summed E-state index contributed by atoms with van der Waals surface area (Å²) >= 11 is 0. The number of amides is 1. The maximum atomic E-state index is 11.6. The van der Waals surface area contributed by atoms with Crippen molar-refractivity contribution in [3.63, 3.8) is 0 Å². The number of aliphatic carboxylic acids is 1. The second-order valence-corrected chi connectivity index (χ2v) is 4.42. The normalized spacial score (nSPS) is 23.1. The molecule has 0 saturated carbocycles. The van der Waals surface area contributed by atoms with Gasteiger partial charge in [-0.3, -0.25) is 9.59 Å². The second-order valence-electron chi connectivity index (χ2n) is 4.42. The van der Waals surface area contributed by atoms with Gasteiger partial charge in [-0.05, 0) is 25.0 Å². The minimum Gasteiger partial charge on any atom is -0.481 e. The van der Waals surface area contributed by atoms with Crippen LogP contribution in [-0.4, -0.2) is 23.0 Å². The lowest BCUT2D eigenvalue weighted by Gasteiger charge is -2.37. The Hall–Kier alpha value is -1.84. The van der Waals surface area contributed by atoms with Gasteiger partial charge in [0.15, 0.2) is 0 Å². The molecule has 1 amide bonds. The van der Waals surface area contributed by atoms with E-state index in [2.05, 4.69) is 0 Å². The van der Waals surface area contributed by atoms with E-state index in [0.717, 1.165) is 11.3 Å². The van der Waals surface area contributed by atoms with Crippen molar-refractivity contribution in [3.05, 3.63) is 29.8 Å². The molecule has 1 N–H and O–H groups in total. The highest BCUT2D eigenvalue weighted by Gasteiger charge is 2.35. The van der Waals surface area contributed by atoms with E-state index in [1.54, 1.807) is 11.0 Å². The van der Waals surface area contributed by atoms with Crippen molar-refractivity contribution < 1.29 is 14.7 Å². The Morgan fingerprint density at radius 1 is 1.35 bits per heavy atom. The van der Waals surface area contributed by atoms with Gasteiger partial charge in [-0.15, -0.1) is 0 Å². The molecule has 4 heteroatoms. The molecule has 0 aliphatic carbocycles. The van der Waals surface area contributed by atoms with E-state index >= 15 is 0 Å². The quantitative estimate of drug-likeness (QED) is 0.807. The van der Waals surface area contributed by atoms with Crippen LogP contribution >= 0.6 is 0 Å². The lowest BCUT2D eigenvalue weighted by Crippen LogP contribution is -2.43. The molecule has 0 unspecified atom stereocenters. The zero-order chi connectivity index (χ0) is 12.6. The summed E-state index contributed by atoms with van der Waals surface area (Å²) in [6.07, 6.45) is 0.464. The molecular weight excluding hydrogens is 218 g/mol. The maximum Gasteiger partial charge on any atom is 0.311 e. The number of hydrogen-bond donors (Lipinski definition) is 1. The van der Waals surface area contributed by atoms with Crippen LogP contribution in [0.4, 0.5) is 5.69 Å². The number of rotatable bonds is 1. The Morgan fingerprint density at radius 3 is 2.59 bits per heavy atom. The van der Waals surface area contributed by atoms with Gasteiger partial charge < -0.3 is 10.0 Å².